The summed E-state index contributed by atoms with van der Waals surface area (Å²) in [6.45, 7) is 0. The van der Waals surface area contributed by atoms with E-state index in [4.69, 9.17) is 11.6 Å². The van der Waals surface area contributed by atoms with Crippen molar-refractivity contribution >= 4 is 17.3 Å². The van der Waals surface area contributed by atoms with Crippen LogP contribution in [0.3, 0.4) is 0 Å². The van der Waals surface area contributed by atoms with E-state index in [1.54, 1.807) is 12.4 Å². The Balaban J connectivity index is 1.99. The zero-order valence-corrected chi connectivity index (χ0v) is 12.2. The van der Waals surface area contributed by atoms with E-state index in [1.807, 2.05) is 42.5 Å². The standard InChI is InChI=1S/C18H15ClN2/c19-16-13-20-12-11-17(16)21-18(14-7-3-1-4-8-14)15-9-5-2-6-10-15/h1-13,18H,(H,20,21). The third-order valence-electron chi connectivity index (χ3n) is 3.34. The molecule has 3 aromatic rings. The van der Waals surface area contributed by atoms with Crippen molar-refractivity contribution < 1.29 is 0 Å². The fourth-order valence-electron chi connectivity index (χ4n) is 2.30. The van der Waals surface area contributed by atoms with Gasteiger partial charge in [0.25, 0.3) is 0 Å². The molecule has 2 nitrogen and oxygen atoms in total. The second-order valence-corrected chi connectivity index (χ2v) is 5.16. The van der Waals surface area contributed by atoms with Gasteiger partial charge in [-0.3, -0.25) is 4.98 Å². The van der Waals surface area contributed by atoms with Gasteiger partial charge in [-0.15, -0.1) is 0 Å². The van der Waals surface area contributed by atoms with Crippen molar-refractivity contribution in [1.82, 2.24) is 4.98 Å². The van der Waals surface area contributed by atoms with E-state index < -0.39 is 0 Å². The Hall–Kier alpha value is -2.32. The van der Waals surface area contributed by atoms with E-state index in [9.17, 15) is 0 Å². The van der Waals surface area contributed by atoms with Crippen LogP contribution in [0.15, 0.2) is 79.1 Å². The third kappa shape index (κ3) is 3.23. The van der Waals surface area contributed by atoms with E-state index in [-0.39, 0.29) is 6.04 Å². The fourth-order valence-corrected chi connectivity index (χ4v) is 2.47. The summed E-state index contributed by atoms with van der Waals surface area (Å²) in [4.78, 5) is 4.03. The number of hydrogen-bond donors (Lipinski definition) is 1. The van der Waals surface area contributed by atoms with Gasteiger partial charge in [0.1, 0.15) is 0 Å². The van der Waals surface area contributed by atoms with E-state index in [1.165, 1.54) is 11.1 Å². The lowest BCUT2D eigenvalue weighted by molar-refractivity contribution is 0.938. The molecular formula is C18H15ClN2. The number of hydrogen-bond acceptors (Lipinski definition) is 2. The van der Waals surface area contributed by atoms with Crippen LogP contribution in [0.25, 0.3) is 0 Å². The van der Waals surface area contributed by atoms with Crippen LogP contribution >= 0.6 is 11.6 Å². The van der Waals surface area contributed by atoms with Crippen molar-refractivity contribution in [1.29, 1.82) is 0 Å². The Labute approximate surface area is 129 Å². The maximum atomic E-state index is 6.22. The number of nitrogens with zero attached hydrogens (tertiary/aromatic N) is 1. The van der Waals surface area contributed by atoms with E-state index in [0.29, 0.717) is 5.02 Å². The summed E-state index contributed by atoms with van der Waals surface area (Å²) in [5.41, 5.74) is 3.26. The second kappa shape index (κ2) is 6.42. The zero-order valence-electron chi connectivity index (χ0n) is 11.4. The van der Waals surface area contributed by atoms with Gasteiger partial charge in [-0.25, -0.2) is 0 Å². The normalized spacial score (nSPS) is 10.6. The van der Waals surface area contributed by atoms with Crippen LogP contribution in [0.1, 0.15) is 17.2 Å². The highest BCUT2D eigenvalue weighted by atomic mass is 35.5. The summed E-state index contributed by atoms with van der Waals surface area (Å²) >= 11 is 6.22. The number of pyridine rings is 1. The molecule has 3 rings (SSSR count). The van der Waals surface area contributed by atoms with E-state index >= 15 is 0 Å². The summed E-state index contributed by atoms with van der Waals surface area (Å²) < 4.78 is 0. The fraction of sp³-hybridized carbons (Fsp3) is 0.0556. The molecule has 0 bridgehead atoms. The molecule has 3 heteroatoms. The molecule has 0 spiro atoms. The Morgan fingerprint density at radius 2 is 1.38 bits per heavy atom. The summed E-state index contributed by atoms with van der Waals surface area (Å²) in [6.07, 6.45) is 3.39. The number of halogens is 1. The molecule has 0 radical (unpaired) electrons. The monoisotopic (exact) mass is 294 g/mol. The van der Waals surface area contributed by atoms with Crippen LogP contribution in [0.2, 0.25) is 5.02 Å². The first-order chi connectivity index (χ1) is 10.3. The molecule has 104 valence electrons. The Morgan fingerprint density at radius 3 is 1.90 bits per heavy atom. The molecule has 0 atom stereocenters. The van der Waals surface area contributed by atoms with Gasteiger partial charge in [-0.1, -0.05) is 72.3 Å². The summed E-state index contributed by atoms with van der Waals surface area (Å²) in [5, 5.41) is 4.13. The van der Waals surface area contributed by atoms with Crippen LogP contribution in [-0.4, -0.2) is 4.98 Å². The van der Waals surface area contributed by atoms with Crippen molar-refractivity contribution in [3.8, 4) is 0 Å². The lowest BCUT2D eigenvalue weighted by Crippen LogP contribution is -2.12. The largest absolute Gasteiger partial charge is 0.373 e. The summed E-state index contributed by atoms with van der Waals surface area (Å²) in [5.74, 6) is 0. The Morgan fingerprint density at radius 1 is 0.810 bits per heavy atom. The van der Waals surface area contributed by atoms with Crippen molar-refractivity contribution in [3.05, 3.63) is 95.3 Å². The first kappa shape index (κ1) is 13.7. The number of rotatable bonds is 4. The third-order valence-corrected chi connectivity index (χ3v) is 3.64. The van der Waals surface area contributed by atoms with Gasteiger partial charge in [-0.2, -0.15) is 0 Å². The minimum atomic E-state index is 0.0484. The topological polar surface area (TPSA) is 24.9 Å². The number of nitrogens with one attached hydrogen (secondary N) is 1. The predicted molar refractivity (Wildman–Crippen MR) is 87.6 cm³/mol. The molecule has 0 aliphatic heterocycles. The predicted octanol–water partition coefficient (Wildman–Crippen LogP) is 4.94. The average Bonchev–Trinajstić information content (AvgIpc) is 2.56. The van der Waals surface area contributed by atoms with E-state index in [0.717, 1.165) is 5.69 Å². The molecule has 1 aromatic heterocycles. The molecule has 0 aliphatic carbocycles. The van der Waals surface area contributed by atoms with Crippen molar-refractivity contribution in [2.24, 2.45) is 0 Å². The van der Waals surface area contributed by atoms with Gasteiger partial charge in [-0.05, 0) is 17.2 Å². The summed E-state index contributed by atoms with van der Waals surface area (Å²) in [7, 11) is 0. The van der Waals surface area contributed by atoms with Crippen LogP contribution in [-0.2, 0) is 0 Å². The van der Waals surface area contributed by atoms with Gasteiger partial charge in [0.2, 0.25) is 0 Å². The quantitative estimate of drug-likeness (QED) is 0.737. The zero-order chi connectivity index (χ0) is 14.5. The highest BCUT2D eigenvalue weighted by Crippen LogP contribution is 2.29. The number of benzene rings is 2. The van der Waals surface area contributed by atoms with Crippen LogP contribution in [0.4, 0.5) is 5.69 Å². The van der Waals surface area contributed by atoms with Gasteiger partial charge in [0, 0.05) is 12.4 Å². The molecule has 1 N–H and O–H groups in total. The maximum Gasteiger partial charge on any atom is 0.0820 e. The Kier molecular flexibility index (Phi) is 4.17. The minimum Gasteiger partial charge on any atom is -0.373 e. The molecule has 21 heavy (non-hydrogen) atoms. The van der Waals surface area contributed by atoms with Crippen molar-refractivity contribution in [2.45, 2.75) is 6.04 Å². The summed E-state index contributed by atoms with van der Waals surface area (Å²) in [6, 6.07) is 22.6. The lowest BCUT2D eigenvalue weighted by Gasteiger charge is -2.21. The number of aromatic nitrogens is 1. The minimum absolute atomic E-state index is 0.0484. The highest BCUT2D eigenvalue weighted by molar-refractivity contribution is 6.33. The van der Waals surface area contributed by atoms with Gasteiger partial charge >= 0.3 is 0 Å². The average molecular weight is 295 g/mol. The first-order valence-corrected chi connectivity index (χ1v) is 7.18. The Bertz CT molecular complexity index is 659. The molecule has 1 heterocycles. The van der Waals surface area contributed by atoms with Crippen LogP contribution < -0.4 is 5.32 Å². The van der Waals surface area contributed by atoms with Crippen molar-refractivity contribution in [2.75, 3.05) is 5.32 Å². The SMILES string of the molecule is Clc1cnccc1NC(c1ccccc1)c1ccccc1. The number of anilines is 1. The molecule has 0 unspecified atom stereocenters. The van der Waals surface area contributed by atoms with E-state index in [2.05, 4.69) is 34.6 Å². The van der Waals surface area contributed by atoms with Crippen LogP contribution in [0.5, 0.6) is 0 Å². The smallest absolute Gasteiger partial charge is 0.0820 e. The molecule has 0 fully saturated rings. The molecule has 0 saturated carbocycles. The molecule has 0 saturated heterocycles. The molecule has 0 aliphatic rings. The molecular weight excluding hydrogens is 280 g/mol. The first-order valence-electron chi connectivity index (χ1n) is 6.80. The molecule has 0 amide bonds. The maximum absolute atomic E-state index is 6.22. The highest BCUT2D eigenvalue weighted by Gasteiger charge is 2.14. The van der Waals surface area contributed by atoms with Crippen LogP contribution in [0, 0.1) is 0 Å². The van der Waals surface area contributed by atoms with Gasteiger partial charge in [0.05, 0.1) is 16.8 Å². The lowest BCUT2D eigenvalue weighted by atomic mass is 9.98. The molecule has 2 aromatic carbocycles. The second-order valence-electron chi connectivity index (χ2n) is 4.75. The van der Waals surface area contributed by atoms with Gasteiger partial charge in [0.15, 0.2) is 0 Å². The van der Waals surface area contributed by atoms with Crippen molar-refractivity contribution in [3.63, 3.8) is 0 Å². The van der Waals surface area contributed by atoms with Gasteiger partial charge < -0.3 is 5.32 Å².